The number of carbonyl (C=O) groups is 1. The maximum absolute atomic E-state index is 12.1. The number of anilines is 1. The SMILES string of the molecule is C#CC1CC(=O)N(c2cccc(Cl)c2-n2ccnc2)C1. The van der Waals surface area contributed by atoms with Crippen LogP contribution in [0.5, 0.6) is 0 Å². The van der Waals surface area contributed by atoms with Crippen LogP contribution >= 0.6 is 11.6 Å². The second-order valence-electron chi connectivity index (χ2n) is 4.65. The van der Waals surface area contributed by atoms with Gasteiger partial charge in [-0.25, -0.2) is 4.98 Å². The number of para-hydroxylation sites is 1. The van der Waals surface area contributed by atoms with E-state index in [-0.39, 0.29) is 11.8 Å². The third-order valence-corrected chi connectivity index (χ3v) is 3.68. The smallest absolute Gasteiger partial charge is 0.228 e. The van der Waals surface area contributed by atoms with Gasteiger partial charge in [-0.1, -0.05) is 17.7 Å². The molecule has 0 radical (unpaired) electrons. The summed E-state index contributed by atoms with van der Waals surface area (Å²) in [6, 6.07) is 5.49. The lowest BCUT2D eigenvalue weighted by Gasteiger charge is -2.21. The van der Waals surface area contributed by atoms with Crippen LogP contribution in [0.15, 0.2) is 36.9 Å². The Bertz CT molecular complexity index is 688. The lowest BCUT2D eigenvalue weighted by Crippen LogP contribution is -2.25. The average Bonchev–Trinajstić information content (AvgIpc) is 3.07. The van der Waals surface area contributed by atoms with Gasteiger partial charge in [0.1, 0.15) is 0 Å². The first-order chi connectivity index (χ1) is 9.70. The predicted molar refractivity (Wildman–Crippen MR) is 77.9 cm³/mol. The highest BCUT2D eigenvalue weighted by Gasteiger charge is 2.31. The van der Waals surface area contributed by atoms with Gasteiger partial charge in [0.2, 0.25) is 5.91 Å². The zero-order valence-corrected chi connectivity index (χ0v) is 11.4. The number of hydrogen-bond donors (Lipinski definition) is 0. The fourth-order valence-electron chi connectivity index (χ4n) is 2.42. The summed E-state index contributed by atoms with van der Waals surface area (Å²) in [4.78, 5) is 17.9. The van der Waals surface area contributed by atoms with Crippen molar-refractivity contribution >= 4 is 23.2 Å². The molecule has 0 aliphatic carbocycles. The molecule has 0 bridgehead atoms. The van der Waals surface area contributed by atoms with Gasteiger partial charge in [0, 0.05) is 31.3 Å². The molecule has 2 heterocycles. The van der Waals surface area contributed by atoms with Crippen LogP contribution < -0.4 is 4.90 Å². The molecule has 100 valence electrons. The van der Waals surface area contributed by atoms with Crippen LogP contribution in [0.1, 0.15) is 6.42 Å². The van der Waals surface area contributed by atoms with E-state index in [0.29, 0.717) is 18.0 Å². The van der Waals surface area contributed by atoms with Crippen LogP contribution in [0, 0.1) is 18.3 Å². The van der Waals surface area contributed by atoms with Crippen LogP contribution in [0.25, 0.3) is 5.69 Å². The Hall–Kier alpha value is -2.25. The average molecular weight is 286 g/mol. The van der Waals surface area contributed by atoms with E-state index >= 15 is 0 Å². The molecule has 3 rings (SSSR count). The standard InChI is InChI=1S/C15H12ClN3O/c1-2-11-8-14(20)19(9-11)13-5-3-4-12(16)15(13)18-7-6-17-10-18/h1,3-7,10-11H,8-9H2. The highest BCUT2D eigenvalue weighted by Crippen LogP contribution is 2.34. The number of nitrogens with zero attached hydrogens (tertiary/aromatic N) is 3. The molecule has 1 atom stereocenters. The molecule has 1 aliphatic heterocycles. The molecular formula is C15H12ClN3O. The minimum absolute atomic E-state index is 0.0246. The number of imidazole rings is 1. The summed E-state index contributed by atoms with van der Waals surface area (Å²) in [6.45, 7) is 0.525. The van der Waals surface area contributed by atoms with Crippen molar-refractivity contribution in [2.24, 2.45) is 5.92 Å². The second-order valence-corrected chi connectivity index (χ2v) is 5.06. The molecule has 4 nitrogen and oxygen atoms in total. The Morgan fingerprint density at radius 3 is 2.95 bits per heavy atom. The minimum atomic E-state index is -0.0443. The number of rotatable bonds is 2. The van der Waals surface area contributed by atoms with Crippen LogP contribution in [0.3, 0.4) is 0 Å². The zero-order chi connectivity index (χ0) is 14.1. The molecule has 2 aromatic rings. The normalized spacial score (nSPS) is 18.3. The molecule has 1 aromatic heterocycles. The highest BCUT2D eigenvalue weighted by atomic mass is 35.5. The fourth-order valence-corrected chi connectivity index (χ4v) is 2.69. The molecular weight excluding hydrogens is 274 g/mol. The van der Waals surface area contributed by atoms with Gasteiger partial charge in [-0.2, -0.15) is 0 Å². The second kappa shape index (κ2) is 5.03. The summed E-state index contributed by atoms with van der Waals surface area (Å²) >= 11 is 6.29. The van der Waals surface area contributed by atoms with Crippen molar-refractivity contribution in [2.75, 3.05) is 11.4 Å². The molecule has 1 saturated heterocycles. The zero-order valence-electron chi connectivity index (χ0n) is 10.7. The van der Waals surface area contributed by atoms with E-state index in [4.69, 9.17) is 18.0 Å². The molecule has 1 fully saturated rings. The molecule has 20 heavy (non-hydrogen) atoms. The Kier molecular flexibility index (Phi) is 3.21. The van der Waals surface area contributed by atoms with Gasteiger partial charge in [-0.05, 0) is 12.1 Å². The van der Waals surface area contributed by atoms with Gasteiger partial charge in [0.15, 0.2) is 0 Å². The molecule has 5 heteroatoms. The summed E-state index contributed by atoms with van der Waals surface area (Å²) < 4.78 is 1.80. The summed E-state index contributed by atoms with van der Waals surface area (Å²) in [5.41, 5.74) is 1.51. The first kappa shape index (κ1) is 12.8. The largest absolute Gasteiger partial charge is 0.309 e. The highest BCUT2D eigenvalue weighted by molar-refractivity contribution is 6.33. The van der Waals surface area contributed by atoms with Crippen LogP contribution in [-0.4, -0.2) is 22.0 Å². The van der Waals surface area contributed by atoms with Gasteiger partial charge in [0.05, 0.1) is 22.7 Å². The molecule has 0 saturated carbocycles. The first-order valence-electron chi connectivity index (χ1n) is 6.24. The summed E-state index contributed by atoms with van der Waals surface area (Å²) in [5, 5.41) is 0.567. The van der Waals surface area contributed by atoms with E-state index in [1.165, 1.54) is 0 Å². The third kappa shape index (κ3) is 2.06. The lowest BCUT2D eigenvalue weighted by molar-refractivity contribution is -0.117. The Morgan fingerprint density at radius 2 is 2.30 bits per heavy atom. The molecule has 1 aliphatic rings. The minimum Gasteiger partial charge on any atom is -0.309 e. The Balaban J connectivity index is 2.09. The molecule has 1 aromatic carbocycles. The fraction of sp³-hybridized carbons (Fsp3) is 0.200. The molecule has 0 N–H and O–H groups in total. The van der Waals surface area contributed by atoms with E-state index in [1.54, 1.807) is 34.3 Å². The summed E-state index contributed by atoms with van der Waals surface area (Å²) in [5.74, 6) is 2.63. The van der Waals surface area contributed by atoms with E-state index < -0.39 is 0 Å². The number of benzene rings is 1. The number of terminal acetylenes is 1. The predicted octanol–water partition coefficient (Wildman–Crippen LogP) is 2.51. The Morgan fingerprint density at radius 1 is 1.45 bits per heavy atom. The van der Waals surface area contributed by atoms with E-state index in [1.807, 2.05) is 12.1 Å². The monoisotopic (exact) mass is 285 g/mol. The van der Waals surface area contributed by atoms with Gasteiger partial charge < -0.3 is 9.47 Å². The maximum atomic E-state index is 12.1. The van der Waals surface area contributed by atoms with E-state index in [2.05, 4.69) is 10.9 Å². The van der Waals surface area contributed by atoms with Crippen molar-refractivity contribution in [3.05, 3.63) is 41.9 Å². The van der Waals surface area contributed by atoms with E-state index in [9.17, 15) is 4.79 Å². The number of carbonyl (C=O) groups excluding carboxylic acids is 1. The number of aromatic nitrogens is 2. The van der Waals surface area contributed by atoms with Gasteiger partial charge >= 0.3 is 0 Å². The van der Waals surface area contributed by atoms with Crippen LogP contribution in [-0.2, 0) is 4.79 Å². The van der Waals surface area contributed by atoms with Crippen LogP contribution in [0.4, 0.5) is 5.69 Å². The lowest BCUT2D eigenvalue weighted by atomic mass is 10.1. The van der Waals surface area contributed by atoms with Gasteiger partial charge in [-0.3, -0.25) is 4.79 Å². The van der Waals surface area contributed by atoms with Crippen molar-refractivity contribution in [3.8, 4) is 18.0 Å². The molecule has 1 unspecified atom stereocenters. The number of halogens is 1. The third-order valence-electron chi connectivity index (χ3n) is 3.38. The first-order valence-corrected chi connectivity index (χ1v) is 6.62. The maximum Gasteiger partial charge on any atom is 0.228 e. The molecule has 1 amide bonds. The van der Waals surface area contributed by atoms with Gasteiger partial charge in [0.25, 0.3) is 0 Å². The van der Waals surface area contributed by atoms with Gasteiger partial charge in [-0.15, -0.1) is 12.3 Å². The summed E-state index contributed by atoms with van der Waals surface area (Å²) in [6.07, 6.45) is 10.9. The Labute approximate surface area is 122 Å². The topological polar surface area (TPSA) is 38.1 Å². The quantitative estimate of drug-likeness (QED) is 0.795. The van der Waals surface area contributed by atoms with Crippen molar-refractivity contribution in [1.29, 1.82) is 0 Å². The summed E-state index contributed by atoms with van der Waals surface area (Å²) in [7, 11) is 0. The van der Waals surface area contributed by atoms with E-state index in [0.717, 1.165) is 11.4 Å². The van der Waals surface area contributed by atoms with Crippen LogP contribution in [0.2, 0.25) is 5.02 Å². The molecule has 0 spiro atoms. The van der Waals surface area contributed by atoms with Crippen molar-refractivity contribution in [3.63, 3.8) is 0 Å². The van der Waals surface area contributed by atoms with Crippen molar-refractivity contribution in [1.82, 2.24) is 9.55 Å². The van der Waals surface area contributed by atoms with Crippen molar-refractivity contribution < 1.29 is 4.79 Å². The van der Waals surface area contributed by atoms with Crippen molar-refractivity contribution in [2.45, 2.75) is 6.42 Å². The number of hydrogen-bond acceptors (Lipinski definition) is 2. The number of amides is 1.